The number of carbonyl (C=O) groups is 7. The fraction of sp³-hybridized carbons (Fsp3) is 0.372. The van der Waals surface area contributed by atoms with E-state index >= 15 is 0 Å². The minimum atomic E-state index is -1.17. The molecule has 0 aliphatic carbocycles. The van der Waals surface area contributed by atoms with E-state index in [0.29, 0.717) is 38.9 Å². The molecule has 0 saturated heterocycles. The second-order valence-corrected chi connectivity index (χ2v) is 19.4. The zero-order chi connectivity index (χ0) is 70.7. The highest BCUT2D eigenvalue weighted by molar-refractivity contribution is 6.39. The number of aliphatic hydroxyl groups excluding tert-OH is 2. The number of carbonyl (C=O) groups excluding carboxylic acids is 7. The molecule has 0 saturated carbocycles. The van der Waals surface area contributed by atoms with Gasteiger partial charge in [-0.2, -0.15) is 0 Å². The van der Waals surface area contributed by atoms with Gasteiger partial charge in [0.25, 0.3) is 0 Å². The standard InChI is InChI=1S/3C10H12O2.C9H9FO.3C9H10O2.C2H6.CH5BO2.2CH4O.7CH4/c3*1-7-4-9(8(2)11)6-10(5-7)12-3;1-6-3-8(7(2)11)5-9(10)4-6;3*1-6-3-8(7(2)10)5-9(11)4-6;1-2;1-2(3)4;2*1-2;;;;;;;/h3*4-6H,1-3H3;3-5H,1-2H3;3*3-5,11H,1-2H3;1-2H3;3-4H,1H3;2*2H,1H3;7*1H4. The van der Waals surface area contributed by atoms with Crippen LogP contribution >= 0.6 is 0 Å². The molecule has 0 aliphatic heterocycles. The number of phenols is 3. The molecule has 0 aliphatic rings. The summed E-state index contributed by atoms with van der Waals surface area (Å²) in [5, 5.41) is 56.5. The molecule has 7 rings (SSSR count). The summed E-state index contributed by atoms with van der Waals surface area (Å²) in [6, 6.07) is 35.3. The molecule has 0 heterocycles. The van der Waals surface area contributed by atoms with E-state index in [-0.39, 0.29) is 116 Å². The maximum absolute atomic E-state index is 12.6. The molecule has 0 spiro atoms. The van der Waals surface area contributed by atoms with Crippen LogP contribution in [0.5, 0.6) is 34.5 Å². The van der Waals surface area contributed by atoms with Gasteiger partial charge in [0, 0.05) is 53.2 Å². The molecule has 7 aromatic carbocycles. The fourth-order valence-corrected chi connectivity index (χ4v) is 7.05. The summed E-state index contributed by atoms with van der Waals surface area (Å²) in [5.74, 6) is 2.33. The van der Waals surface area contributed by atoms with Gasteiger partial charge in [-0.05, 0) is 270 Å². The van der Waals surface area contributed by atoms with E-state index in [2.05, 4.69) is 0 Å². The van der Waals surface area contributed by atoms with Gasteiger partial charge in [0.2, 0.25) is 0 Å². The molecule has 97 heavy (non-hydrogen) atoms. The first kappa shape index (κ1) is 112. The highest BCUT2D eigenvalue weighted by Gasteiger charge is 2.07. The van der Waals surface area contributed by atoms with E-state index in [1.807, 2.05) is 91.8 Å². The van der Waals surface area contributed by atoms with Gasteiger partial charge in [-0.1, -0.05) is 65.8 Å². The average molecular weight is 1360 g/mol. The molecule has 19 heteroatoms. The lowest BCUT2D eigenvalue weighted by Crippen LogP contribution is -2.00. The number of halogens is 1. The minimum absolute atomic E-state index is 0. The van der Waals surface area contributed by atoms with Crippen LogP contribution in [0.1, 0.15) is 226 Å². The van der Waals surface area contributed by atoms with E-state index in [4.69, 9.17) is 49.8 Å². The van der Waals surface area contributed by atoms with E-state index in [1.165, 1.54) is 64.8 Å². The van der Waals surface area contributed by atoms with Crippen molar-refractivity contribution in [2.45, 2.75) is 170 Å². The lowest BCUT2D eigenvalue weighted by Gasteiger charge is -2.03. The number of methoxy groups -OCH3 is 3. The van der Waals surface area contributed by atoms with Crippen molar-refractivity contribution in [2.24, 2.45) is 0 Å². The number of phenolic OH excluding ortho intramolecular Hbond substituents is 3. The summed E-state index contributed by atoms with van der Waals surface area (Å²) in [5.41, 5.74) is 10.8. The lowest BCUT2D eigenvalue weighted by molar-refractivity contribution is 0.100. The number of hydrogen-bond donors (Lipinski definition) is 7. The monoisotopic (exact) mass is 1360 g/mol. The van der Waals surface area contributed by atoms with Crippen molar-refractivity contribution < 1.29 is 87.7 Å². The summed E-state index contributed by atoms with van der Waals surface area (Å²) in [6.07, 6.45) is 0. The Morgan fingerprint density at radius 2 is 0.443 bits per heavy atom. The zero-order valence-corrected chi connectivity index (χ0v) is 56.3. The molecule has 0 fully saturated rings. The number of ketones is 7. The van der Waals surface area contributed by atoms with Crippen molar-refractivity contribution in [1.82, 2.24) is 0 Å². The largest absolute Gasteiger partial charge is 0.508 e. The molecule has 0 bridgehead atoms. The molecule has 0 unspecified atom stereocenters. The Morgan fingerprint density at radius 3 is 0.588 bits per heavy atom. The topological polar surface area (TPSA) is 289 Å². The number of hydrogen-bond acceptors (Lipinski definition) is 17. The Bertz CT molecular complexity index is 2890. The molecule has 546 valence electrons. The van der Waals surface area contributed by atoms with Crippen molar-refractivity contribution in [3.05, 3.63) is 211 Å². The van der Waals surface area contributed by atoms with Gasteiger partial charge >= 0.3 is 7.12 Å². The van der Waals surface area contributed by atoms with Gasteiger partial charge in [0.1, 0.15) is 40.3 Å². The Balaban J connectivity index is -0.0000000955. The van der Waals surface area contributed by atoms with Gasteiger partial charge in [-0.3, -0.25) is 33.6 Å². The van der Waals surface area contributed by atoms with E-state index < -0.39 is 7.12 Å². The number of aliphatic hydroxyl groups is 2. The van der Waals surface area contributed by atoms with Crippen LogP contribution in [0.15, 0.2) is 127 Å². The molecule has 7 aromatic rings. The van der Waals surface area contributed by atoms with Gasteiger partial charge in [-0.15, -0.1) is 0 Å². The average Bonchev–Trinajstić information content (AvgIpc) is 1.17. The Labute approximate surface area is 583 Å². The molecule has 17 nitrogen and oxygen atoms in total. The van der Waals surface area contributed by atoms with Crippen molar-refractivity contribution in [3.63, 3.8) is 0 Å². The number of aryl methyl sites for hydroxylation is 7. The minimum Gasteiger partial charge on any atom is -0.508 e. The molecule has 7 N–H and O–H groups in total. The number of benzene rings is 7. The molecule has 0 aromatic heterocycles. The quantitative estimate of drug-likeness (QED) is 0.0495. The maximum atomic E-state index is 12.6. The molecule has 0 atom stereocenters. The number of rotatable bonds is 10. The predicted molar refractivity (Wildman–Crippen MR) is 404 cm³/mol. The number of ether oxygens (including phenoxy) is 3. The Hall–Kier alpha value is -9.14. The Morgan fingerprint density at radius 1 is 0.299 bits per heavy atom. The first-order valence-electron chi connectivity index (χ1n) is 28.0. The van der Waals surface area contributed by atoms with Gasteiger partial charge < -0.3 is 49.8 Å². The first-order chi connectivity index (χ1) is 42.0. The van der Waals surface area contributed by atoms with E-state index in [1.54, 1.807) is 110 Å². The summed E-state index contributed by atoms with van der Waals surface area (Å²) >= 11 is 0. The lowest BCUT2D eigenvalue weighted by atomic mass is 9.99. The van der Waals surface area contributed by atoms with Crippen LogP contribution in [-0.2, 0) is 0 Å². The van der Waals surface area contributed by atoms with Crippen LogP contribution in [0.4, 0.5) is 4.39 Å². The van der Waals surface area contributed by atoms with Crippen LogP contribution in [-0.4, -0.2) is 119 Å². The highest BCUT2D eigenvalue weighted by atomic mass is 19.1. The highest BCUT2D eigenvalue weighted by Crippen LogP contribution is 2.21. The summed E-state index contributed by atoms with van der Waals surface area (Å²) in [4.78, 5) is 76.3. The van der Waals surface area contributed by atoms with Crippen LogP contribution in [0.25, 0.3) is 0 Å². The van der Waals surface area contributed by atoms with Crippen LogP contribution < -0.4 is 14.2 Å². The number of Topliss-reactive ketones (excluding diaryl/α,β-unsaturated/α-hetero) is 7. The molecule has 0 radical (unpaired) electrons. The second kappa shape index (κ2) is 61.7. The summed E-state index contributed by atoms with van der Waals surface area (Å²) in [6.45, 7) is 28.9. The smallest absolute Gasteiger partial charge is 0.448 e. The SMILES string of the molecule is C.C.C.C.C.C.C.CB(O)O.CC.CC(=O)c1cc(C)cc(F)c1.CC(=O)c1cc(C)cc(O)c1.CC(=O)c1cc(C)cc(O)c1.CC(=O)c1cc(C)cc(O)c1.CO.CO.COc1cc(C)cc(C(C)=O)c1.COc1cc(C)cc(C(C)=O)c1.COc1cc(C)cc(C(C)=O)c1. The summed E-state index contributed by atoms with van der Waals surface area (Å²) in [7, 11) is 5.62. The first-order valence-corrected chi connectivity index (χ1v) is 28.0. The Kier molecular flexibility index (Phi) is 71.4. The van der Waals surface area contributed by atoms with Crippen LogP contribution in [0.3, 0.4) is 0 Å². The maximum Gasteiger partial charge on any atom is 0.448 e. The molecule has 0 amide bonds. The van der Waals surface area contributed by atoms with Crippen molar-refractivity contribution in [3.8, 4) is 34.5 Å². The van der Waals surface area contributed by atoms with Gasteiger partial charge in [0.15, 0.2) is 40.5 Å². The van der Waals surface area contributed by atoms with Gasteiger partial charge in [0.05, 0.1) is 21.3 Å². The normalized spacial score (nSPS) is 8.40. The third-order valence-corrected chi connectivity index (χ3v) is 10.9. The van der Waals surface area contributed by atoms with Crippen molar-refractivity contribution in [1.29, 1.82) is 0 Å². The van der Waals surface area contributed by atoms with Crippen LogP contribution in [0.2, 0.25) is 6.82 Å². The summed E-state index contributed by atoms with van der Waals surface area (Å²) < 4.78 is 27.7. The predicted octanol–water partition coefficient (Wildman–Crippen LogP) is 18.4. The van der Waals surface area contributed by atoms with Gasteiger partial charge in [-0.25, -0.2) is 4.39 Å². The molecular formula is C78H122BFO17. The van der Waals surface area contributed by atoms with Crippen molar-refractivity contribution >= 4 is 47.6 Å². The second-order valence-electron chi connectivity index (χ2n) is 19.4. The van der Waals surface area contributed by atoms with Crippen LogP contribution in [0, 0.1) is 54.3 Å². The number of aromatic hydroxyl groups is 3. The third kappa shape index (κ3) is 52.8. The van der Waals surface area contributed by atoms with E-state index in [9.17, 15) is 38.0 Å². The third-order valence-electron chi connectivity index (χ3n) is 10.9. The molecular weight excluding hydrogens is 1240 g/mol. The van der Waals surface area contributed by atoms with Crippen molar-refractivity contribution in [2.75, 3.05) is 35.5 Å². The zero-order valence-electron chi connectivity index (χ0n) is 56.3. The van der Waals surface area contributed by atoms with E-state index in [0.717, 1.165) is 70.4 Å². The fourth-order valence-electron chi connectivity index (χ4n) is 7.05.